The van der Waals surface area contributed by atoms with E-state index in [1.165, 1.54) is 0 Å². The monoisotopic (exact) mass is 333 g/mol. The van der Waals surface area contributed by atoms with E-state index in [9.17, 15) is 14.4 Å². The molecule has 0 aliphatic carbocycles. The first-order valence-corrected chi connectivity index (χ1v) is 7.62. The number of esters is 1. The van der Waals surface area contributed by atoms with Crippen molar-refractivity contribution in [3.63, 3.8) is 0 Å². The molecule has 1 amide bonds. The van der Waals surface area contributed by atoms with Crippen molar-refractivity contribution in [1.29, 1.82) is 0 Å². The van der Waals surface area contributed by atoms with Crippen molar-refractivity contribution in [2.75, 3.05) is 6.61 Å². The lowest BCUT2D eigenvalue weighted by Gasteiger charge is -2.13. The van der Waals surface area contributed by atoms with Gasteiger partial charge in [0.2, 0.25) is 0 Å². The Balaban J connectivity index is 1.78. The van der Waals surface area contributed by atoms with Gasteiger partial charge in [-0.1, -0.05) is 36.4 Å². The molecule has 0 aromatic heterocycles. The number of cyclic esters (lactones) is 1. The van der Waals surface area contributed by atoms with Crippen LogP contribution >= 0.6 is 0 Å². The fourth-order valence-corrected chi connectivity index (χ4v) is 2.22. The van der Waals surface area contributed by atoms with Crippen molar-refractivity contribution in [3.8, 4) is 0 Å². The number of hydrogen-bond donors (Lipinski definition) is 2. The maximum atomic E-state index is 11.7. The van der Waals surface area contributed by atoms with Crippen molar-refractivity contribution in [1.82, 2.24) is 5.32 Å². The van der Waals surface area contributed by atoms with E-state index in [1.807, 2.05) is 18.2 Å². The summed E-state index contributed by atoms with van der Waals surface area (Å²) in [6.45, 7) is 0.423. The molecule has 0 bridgehead atoms. The number of aliphatic carboxylic acids is 1. The summed E-state index contributed by atoms with van der Waals surface area (Å²) in [5, 5.41) is 11.5. The maximum absolute atomic E-state index is 11.7. The summed E-state index contributed by atoms with van der Waals surface area (Å²) in [6.07, 6.45) is 1.90. The van der Waals surface area contributed by atoms with E-state index in [2.05, 4.69) is 5.32 Å². The third-order valence-electron chi connectivity index (χ3n) is 3.52. The molecule has 0 spiro atoms. The number of carbonyl (C=O) groups excluding carboxylic acids is 2. The molecule has 1 fully saturated rings. The second kappa shape index (κ2) is 8.71. The van der Waals surface area contributed by atoms with Gasteiger partial charge in [-0.3, -0.25) is 0 Å². The number of carbonyl (C=O) groups is 3. The van der Waals surface area contributed by atoms with Crippen LogP contribution in [0.25, 0.3) is 0 Å². The van der Waals surface area contributed by atoms with Gasteiger partial charge in [0.1, 0.15) is 12.6 Å². The summed E-state index contributed by atoms with van der Waals surface area (Å²) < 4.78 is 9.80. The molecule has 1 aromatic rings. The molecule has 7 heteroatoms. The number of carboxylic acids is 1. The minimum absolute atomic E-state index is 0.0644. The zero-order valence-electron chi connectivity index (χ0n) is 13.1. The van der Waals surface area contributed by atoms with Gasteiger partial charge in [-0.05, 0) is 18.4 Å². The molecule has 1 atom stereocenters. The maximum Gasteiger partial charge on any atom is 0.408 e. The van der Waals surface area contributed by atoms with E-state index < -0.39 is 18.1 Å². The minimum Gasteiger partial charge on any atom is -0.480 e. The molecule has 1 heterocycles. The number of carboxylic acid groups (broad SMARTS) is 1. The average molecular weight is 333 g/mol. The summed E-state index contributed by atoms with van der Waals surface area (Å²) in [5.41, 5.74) is 1.36. The average Bonchev–Trinajstić information content (AvgIpc) is 2.98. The Morgan fingerprint density at radius 1 is 1.33 bits per heavy atom. The third-order valence-corrected chi connectivity index (χ3v) is 3.52. The molecule has 2 N–H and O–H groups in total. The second-order valence-electron chi connectivity index (χ2n) is 5.29. The van der Waals surface area contributed by atoms with E-state index >= 15 is 0 Å². The highest BCUT2D eigenvalue weighted by Crippen LogP contribution is 2.14. The number of allylic oxidation sites excluding steroid dienone is 1. The number of rotatable bonds is 7. The zero-order valence-corrected chi connectivity index (χ0v) is 13.1. The Morgan fingerprint density at radius 2 is 2.08 bits per heavy atom. The van der Waals surface area contributed by atoms with Crippen LogP contribution < -0.4 is 5.32 Å². The molecule has 2 rings (SSSR count). The number of benzene rings is 1. The van der Waals surface area contributed by atoms with Crippen molar-refractivity contribution >= 4 is 18.0 Å². The lowest BCUT2D eigenvalue weighted by Crippen LogP contribution is -2.40. The summed E-state index contributed by atoms with van der Waals surface area (Å²) in [7, 11) is 0. The Hall–Kier alpha value is -2.83. The van der Waals surface area contributed by atoms with E-state index in [-0.39, 0.29) is 19.0 Å². The highest BCUT2D eigenvalue weighted by Gasteiger charge is 2.21. The van der Waals surface area contributed by atoms with Gasteiger partial charge in [-0.2, -0.15) is 0 Å². The number of amides is 1. The third kappa shape index (κ3) is 5.42. The molecular formula is C17H19NO6. The summed E-state index contributed by atoms with van der Waals surface area (Å²) >= 11 is 0. The van der Waals surface area contributed by atoms with E-state index in [0.717, 1.165) is 5.56 Å². The van der Waals surface area contributed by atoms with Crippen LogP contribution in [0.3, 0.4) is 0 Å². The first kappa shape index (κ1) is 17.5. The van der Waals surface area contributed by atoms with Crippen molar-refractivity contribution < 1.29 is 29.0 Å². The van der Waals surface area contributed by atoms with Gasteiger partial charge in [0.15, 0.2) is 0 Å². The van der Waals surface area contributed by atoms with Crippen LogP contribution in [-0.2, 0) is 25.7 Å². The Kier molecular flexibility index (Phi) is 6.36. The molecule has 0 saturated carbocycles. The van der Waals surface area contributed by atoms with Gasteiger partial charge >= 0.3 is 18.0 Å². The second-order valence-corrected chi connectivity index (χ2v) is 5.29. The highest BCUT2D eigenvalue weighted by atomic mass is 16.5. The van der Waals surface area contributed by atoms with Gasteiger partial charge in [0.05, 0.1) is 6.61 Å². The predicted molar refractivity (Wildman–Crippen MR) is 84.1 cm³/mol. The SMILES string of the molecule is O=C(N[C@@H](CCC=C1CCOC1=O)C(=O)O)OCc1ccccc1. The molecular weight excluding hydrogens is 314 g/mol. The lowest BCUT2D eigenvalue weighted by molar-refractivity contribution is -0.139. The molecule has 0 radical (unpaired) electrons. The molecule has 7 nitrogen and oxygen atoms in total. The molecule has 1 aromatic carbocycles. The summed E-state index contributed by atoms with van der Waals surface area (Å²) in [4.78, 5) is 34.2. The van der Waals surface area contributed by atoms with Gasteiger partial charge in [0, 0.05) is 12.0 Å². The van der Waals surface area contributed by atoms with Gasteiger partial charge < -0.3 is 19.9 Å². The minimum atomic E-state index is -1.15. The largest absolute Gasteiger partial charge is 0.480 e. The van der Waals surface area contributed by atoms with Crippen LogP contribution in [0.5, 0.6) is 0 Å². The molecule has 1 aliphatic heterocycles. The quantitative estimate of drug-likeness (QED) is 0.585. The van der Waals surface area contributed by atoms with Gasteiger partial charge in [0.25, 0.3) is 0 Å². The number of ether oxygens (including phenoxy) is 2. The zero-order chi connectivity index (χ0) is 17.4. The van der Waals surface area contributed by atoms with E-state index in [0.29, 0.717) is 25.0 Å². The van der Waals surface area contributed by atoms with Crippen LogP contribution in [0.2, 0.25) is 0 Å². The van der Waals surface area contributed by atoms with Crippen LogP contribution in [0.1, 0.15) is 24.8 Å². The Morgan fingerprint density at radius 3 is 2.71 bits per heavy atom. The first-order valence-electron chi connectivity index (χ1n) is 7.62. The fourth-order valence-electron chi connectivity index (χ4n) is 2.22. The highest BCUT2D eigenvalue weighted by molar-refractivity contribution is 5.90. The first-order chi connectivity index (χ1) is 11.6. The lowest BCUT2D eigenvalue weighted by atomic mass is 10.1. The van der Waals surface area contributed by atoms with E-state index in [4.69, 9.17) is 14.6 Å². The van der Waals surface area contributed by atoms with Crippen LogP contribution in [-0.4, -0.2) is 35.8 Å². The van der Waals surface area contributed by atoms with Crippen molar-refractivity contribution in [2.24, 2.45) is 0 Å². The molecule has 0 unspecified atom stereocenters. The predicted octanol–water partition coefficient (Wildman–Crippen LogP) is 2.02. The number of hydrogen-bond acceptors (Lipinski definition) is 5. The topological polar surface area (TPSA) is 102 Å². The van der Waals surface area contributed by atoms with Crippen molar-refractivity contribution in [2.45, 2.75) is 31.9 Å². The van der Waals surface area contributed by atoms with E-state index in [1.54, 1.807) is 18.2 Å². The van der Waals surface area contributed by atoms with Gasteiger partial charge in [-0.15, -0.1) is 0 Å². The fraction of sp³-hybridized carbons (Fsp3) is 0.353. The van der Waals surface area contributed by atoms with Crippen LogP contribution in [0.4, 0.5) is 4.79 Å². The smallest absolute Gasteiger partial charge is 0.408 e. The Labute approximate surface area is 139 Å². The Bertz CT molecular complexity index is 625. The van der Waals surface area contributed by atoms with Crippen LogP contribution in [0.15, 0.2) is 42.0 Å². The summed E-state index contributed by atoms with van der Waals surface area (Å²) in [6, 6.07) is 8.00. The number of nitrogens with one attached hydrogen (secondary N) is 1. The molecule has 1 aliphatic rings. The van der Waals surface area contributed by atoms with Gasteiger partial charge in [-0.25, -0.2) is 14.4 Å². The number of alkyl carbamates (subject to hydrolysis) is 1. The molecule has 128 valence electrons. The normalized spacial score (nSPS) is 16.5. The standard InChI is InChI=1S/C17H19NO6/c19-15(20)14(8-4-7-13-9-10-23-16(13)21)18-17(22)24-11-12-5-2-1-3-6-12/h1-3,5-7,14H,4,8-11H2,(H,18,22)(H,19,20)/t14-/m0/s1. The summed E-state index contributed by atoms with van der Waals surface area (Å²) in [5.74, 6) is -1.52. The molecule has 1 saturated heterocycles. The van der Waals surface area contributed by atoms with Crippen LogP contribution in [0, 0.1) is 0 Å². The van der Waals surface area contributed by atoms with Crippen molar-refractivity contribution in [3.05, 3.63) is 47.5 Å². The molecule has 24 heavy (non-hydrogen) atoms.